The molecule has 34 heavy (non-hydrogen) atoms. The highest BCUT2D eigenvalue weighted by molar-refractivity contribution is 5.00. The Morgan fingerprint density at radius 2 is 1.62 bits per heavy atom. The minimum absolute atomic E-state index is 0.0322. The molecular weight excluding hydrogens is 429 g/mol. The van der Waals surface area contributed by atoms with Crippen molar-refractivity contribution in [1.82, 2.24) is 0 Å². The lowest BCUT2D eigenvalue weighted by Crippen LogP contribution is -2.44. The van der Waals surface area contributed by atoms with Crippen LogP contribution < -0.4 is 0 Å². The Kier molecular flexibility index (Phi) is 11.1. The van der Waals surface area contributed by atoms with Crippen molar-refractivity contribution in [2.24, 2.45) is 47.3 Å². The number of rotatable bonds is 11. The van der Waals surface area contributed by atoms with Gasteiger partial charge in [0.1, 0.15) is 12.3 Å². The van der Waals surface area contributed by atoms with Gasteiger partial charge in [0, 0.05) is 5.92 Å². The molecule has 0 spiro atoms. The molecule has 0 N–H and O–H groups in total. The third kappa shape index (κ3) is 7.39. The normalized spacial score (nSPS) is 35.6. The molecule has 0 aliphatic heterocycles. The Morgan fingerprint density at radius 1 is 0.882 bits per heavy atom. The third-order valence-corrected chi connectivity index (χ3v) is 10.1. The third-order valence-electron chi connectivity index (χ3n) is 10.1. The Bertz CT molecular complexity index is 637. The Hall–Kier alpha value is -0.730. The van der Waals surface area contributed by atoms with Crippen LogP contribution in [-0.4, -0.2) is 12.3 Å². The van der Waals surface area contributed by atoms with Gasteiger partial charge in [-0.05, 0) is 92.8 Å². The van der Waals surface area contributed by atoms with Gasteiger partial charge >= 0.3 is 0 Å². The van der Waals surface area contributed by atoms with E-state index in [1.807, 2.05) is 6.92 Å². The van der Waals surface area contributed by atoms with Gasteiger partial charge in [-0.2, -0.15) is 0 Å². The first-order valence-electron chi connectivity index (χ1n) is 14.6. The van der Waals surface area contributed by atoms with E-state index in [1.54, 1.807) is 0 Å². The van der Waals surface area contributed by atoms with Gasteiger partial charge in [-0.1, -0.05) is 78.0 Å². The van der Waals surface area contributed by atoms with Gasteiger partial charge in [-0.3, -0.25) is 0 Å². The van der Waals surface area contributed by atoms with Crippen LogP contribution in [0.15, 0.2) is 24.6 Å². The van der Waals surface area contributed by atoms with Crippen LogP contribution in [0.4, 0.5) is 13.2 Å². The number of hydrogen-bond donors (Lipinski definition) is 0. The maximum Gasteiger partial charge on any atom is 0.134 e. The summed E-state index contributed by atoms with van der Waals surface area (Å²) in [6.45, 7) is 9.81. The van der Waals surface area contributed by atoms with Crippen molar-refractivity contribution < 1.29 is 13.2 Å². The Morgan fingerprint density at radius 3 is 2.24 bits per heavy atom. The van der Waals surface area contributed by atoms with E-state index in [0.717, 1.165) is 57.8 Å². The number of allylic oxidation sites excluding steroid dienone is 3. The van der Waals surface area contributed by atoms with Gasteiger partial charge < -0.3 is 0 Å². The maximum absolute atomic E-state index is 15.4. The summed E-state index contributed by atoms with van der Waals surface area (Å²) in [4.78, 5) is 0. The molecule has 3 heteroatoms. The van der Waals surface area contributed by atoms with Gasteiger partial charge in [0.05, 0.1) is 5.83 Å². The summed E-state index contributed by atoms with van der Waals surface area (Å²) in [5.41, 5.74) is 0. The molecule has 3 rings (SSSR count). The Labute approximate surface area is 208 Å². The van der Waals surface area contributed by atoms with Crippen molar-refractivity contribution in [3.8, 4) is 0 Å². The van der Waals surface area contributed by atoms with Crippen molar-refractivity contribution in [3.05, 3.63) is 24.6 Å². The molecule has 0 nitrogen and oxygen atoms in total. The van der Waals surface area contributed by atoms with Gasteiger partial charge in [0.2, 0.25) is 0 Å². The molecule has 0 aromatic heterocycles. The molecule has 9 atom stereocenters. The van der Waals surface area contributed by atoms with E-state index < -0.39 is 12.3 Å². The van der Waals surface area contributed by atoms with Crippen LogP contribution in [0, 0.1) is 47.3 Å². The lowest BCUT2D eigenvalue weighted by Gasteiger charge is -2.43. The first-order chi connectivity index (χ1) is 16.3. The van der Waals surface area contributed by atoms with Crippen LogP contribution in [0.1, 0.15) is 111 Å². The summed E-state index contributed by atoms with van der Waals surface area (Å²) in [7, 11) is 0. The first kappa shape index (κ1) is 27.9. The molecule has 0 radical (unpaired) electrons. The average molecular weight is 481 g/mol. The molecule has 0 aromatic carbocycles. The topological polar surface area (TPSA) is 0 Å². The van der Waals surface area contributed by atoms with Crippen LogP contribution in [0.25, 0.3) is 0 Å². The minimum atomic E-state index is -1.26. The largest absolute Gasteiger partial charge is 0.244 e. The zero-order valence-corrected chi connectivity index (χ0v) is 22.2. The van der Waals surface area contributed by atoms with Gasteiger partial charge in [0.25, 0.3) is 0 Å². The smallest absolute Gasteiger partial charge is 0.134 e. The van der Waals surface area contributed by atoms with E-state index in [1.165, 1.54) is 32.1 Å². The standard InChI is InChI=1S/C31H51F3/c1-5-25(28-19-20-29(31(34)30(28)33)27-9-7-6-8-10-27)16-13-24-14-17-26(18-15-24)22(3)12-11-21(2)23(4)32/h14,17,21-22,24-31H,4-13,15-16,18-20H2,1-3H3. The molecule has 9 unspecified atom stereocenters. The first-order valence-corrected chi connectivity index (χ1v) is 14.6. The number of halogens is 3. The zero-order chi connectivity index (χ0) is 24.7. The molecule has 3 aliphatic rings. The summed E-state index contributed by atoms with van der Waals surface area (Å²) < 4.78 is 43.8. The fourth-order valence-electron chi connectivity index (χ4n) is 7.38. The highest BCUT2D eigenvalue weighted by atomic mass is 19.2. The van der Waals surface area contributed by atoms with Crippen LogP contribution in [-0.2, 0) is 0 Å². The molecule has 0 aromatic rings. The second-order valence-electron chi connectivity index (χ2n) is 12.2. The molecule has 0 saturated heterocycles. The summed E-state index contributed by atoms with van der Waals surface area (Å²) in [5, 5.41) is 0. The molecule has 0 heterocycles. The highest BCUT2D eigenvalue weighted by Gasteiger charge is 2.45. The van der Waals surface area contributed by atoms with Crippen molar-refractivity contribution in [2.45, 2.75) is 123 Å². The van der Waals surface area contributed by atoms with E-state index >= 15 is 8.78 Å². The quantitative estimate of drug-likeness (QED) is 0.258. The van der Waals surface area contributed by atoms with Crippen LogP contribution in [0.2, 0.25) is 0 Å². The fraction of sp³-hybridized carbons (Fsp3) is 0.871. The fourth-order valence-corrected chi connectivity index (χ4v) is 7.38. The summed E-state index contributed by atoms with van der Waals surface area (Å²) >= 11 is 0. The summed E-state index contributed by atoms with van der Waals surface area (Å²) in [5.74, 6) is 2.07. The zero-order valence-electron chi connectivity index (χ0n) is 22.2. The Balaban J connectivity index is 1.44. The van der Waals surface area contributed by atoms with Gasteiger partial charge in [-0.25, -0.2) is 13.2 Å². The van der Waals surface area contributed by atoms with Crippen LogP contribution in [0.3, 0.4) is 0 Å². The lowest BCUT2D eigenvalue weighted by atomic mass is 9.65. The second-order valence-corrected chi connectivity index (χ2v) is 12.2. The average Bonchev–Trinajstić information content (AvgIpc) is 2.85. The lowest BCUT2D eigenvalue weighted by molar-refractivity contribution is -0.0294. The minimum Gasteiger partial charge on any atom is -0.244 e. The predicted octanol–water partition coefficient (Wildman–Crippen LogP) is 10.2. The predicted molar refractivity (Wildman–Crippen MR) is 139 cm³/mol. The summed E-state index contributed by atoms with van der Waals surface area (Å²) in [6.07, 6.45) is 17.3. The molecular formula is C31H51F3. The molecule has 196 valence electrons. The molecule has 2 fully saturated rings. The number of alkyl halides is 2. The monoisotopic (exact) mass is 480 g/mol. The second kappa shape index (κ2) is 13.5. The van der Waals surface area contributed by atoms with Crippen molar-refractivity contribution >= 4 is 0 Å². The van der Waals surface area contributed by atoms with Gasteiger partial charge in [0.15, 0.2) is 0 Å². The molecule has 0 amide bonds. The molecule has 0 bridgehead atoms. The molecule has 3 aliphatic carbocycles. The van der Waals surface area contributed by atoms with E-state index in [0.29, 0.717) is 29.6 Å². The van der Waals surface area contributed by atoms with Crippen molar-refractivity contribution in [3.63, 3.8) is 0 Å². The SMILES string of the molecule is C=C(F)C(C)CCC(C)C1C=CC(CCC(CC)C2CCC(C3CCCCC3)C(F)C2F)CC1. The van der Waals surface area contributed by atoms with E-state index in [-0.39, 0.29) is 23.6 Å². The van der Waals surface area contributed by atoms with Crippen molar-refractivity contribution in [1.29, 1.82) is 0 Å². The summed E-state index contributed by atoms with van der Waals surface area (Å²) in [6, 6.07) is 0. The number of hydrogen-bond acceptors (Lipinski definition) is 0. The van der Waals surface area contributed by atoms with E-state index in [9.17, 15) is 4.39 Å². The molecule has 2 saturated carbocycles. The van der Waals surface area contributed by atoms with E-state index in [4.69, 9.17) is 0 Å². The van der Waals surface area contributed by atoms with E-state index in [2.05, 4.69) is 32.6 Å². The van der Waals surface area contributed by atoms with Crippen molar-refractivity contribution in [2.75, 3.05) is 0 Å². The van der Waals surface area contributed by atoms with Crippen LogP contribution in [0.5, 0.6) is 0 Å². The maximum atomic E-state index is 15.4. The van der Waals surface area contributed by atoms with Gasteiger partial charge in [-0.15, -0.1) is 0 Å². The van der Waals surface area contributed by atoms with Crippen LogP contribution >= 0.6 is 0 Å². The highest BCUT2D eigenvalue weighted by Crippen LogP contribution is 2.46.